The van der Waals surface area contributed by atoms with Gasteiger partial charge in [0.25, 0.3) is 0 Å². The molecule has 1 aromatic heterocycles. The maximum Gasteiger partial charge on any atom is 0.317 e. The van der Waals surface area contributed by atoms with Crippen molar-refractivity contribution >= 4 is 17.6 Å². The standard InChI is InChI=1S/C10H11ClO3/c11-8-4-3-7(14-8)10(9(12)13)5-1-2-6-10/h3-4H,1-2,5-6H2,(H,12,13). The fraction of sp³-hybridized carbons (Fsp3) is 0.500. The molecule has 4 heteroatoms. The predicted molar refractivity (Wildman–Crippen MR) is 51.5 cm³/mol. The number of rotatable bonds is 2. The van der Waals surface area contributed by atoms with Crippen LogP contribution in [0.3, 0.4) is 0 Å². The smallest absolute Gasteiger partial charge is 0.317 e. The van der Waals surface area contributed by atoms with Crippen LogP contribution in [0.25, 0.3) is 0 Å². The Kier molecular flexibility index (Phi) is 2.27. The zero-order chi connectivity index (χ0) is 10.2. The van der Waals surface area contributed by atoms with E-state index in [0.717, 1.165) is 12.8 Å². The number of furan rings is 1. The monoisotopic (exact) mass is 214 g/mol. The molecule has 0 radical (unpaired) electrons. The molecule has 1 N–H and O–H groups in total. The van der Waals surface area contributed by atoms with Crippen LogP contribution in [0.1, 0.15) is 31.4 Å². The van der Waals surface area contributed by atoms with E-state index in [1.165, 1.54) is 0 Å². The van der Waals surface area contributed by atoms with Crippen LogP contribution in [0, 0.1) is 0 Å². The van der Waals surface area contributed by atoms with Gasteiger partial charge in [-0.2, -0.15) is 0 Å². The largest absolute Gasteiger partial charge is 0.480 e. The summed E-state index contributed by atoms with van der Waals surface area (Å²) in [6.07, 6.45) is 3.16. The van der Waals surface area contributed by atoms with Gasteiger partial charge in [-0.25, -0.2) is 0 Å². The van der Waals surface area contributed by atoms with Crippen molar-refractivity contribution in [1.82, 2.24) is 0 Å². The number of carboxylic acids is 1. The van der Waals surface area contributed by atoms with E-state index < -0.39 is 11.4 Å². The minimum atomic E-state index is -0.826. The van der Waals surface area contributed by atoms with Crippen LogP contribution in [0.2, 0.25) is 5.22 Å². The molecule has 0 atom stereocenters. The van der Waals surface area contributed by atoms with Gasteiger partial charge < -0.3 is 9.52 Å². The van der Waals surface area contributed by atoms with Crippen LogP contribution in [0.15, 0.2) is 16.5 Å². The molecule has 1 aromatic rings. The van der Waals surface area contributed by atoms with Crippen molar-refractivity contribution in [1.29, 1.82) is 0 Å². The third-order valence-electron chi connectivity index (χ3n) is 2.91. The van der Waals surface area contributed by atoms with Crippen molar-refractivity contribution in [3.05, 3.63) is 23.1 Å². The molecule has 1 heterocycles. The molecule has 0 amide bonds. The number of hydrogen-bond acceptors (Lipinski definition) is 2. The van der Waals surface area contributed by atoms with Crippen LogP contribution in [-0.2, 0) is 10.2 Å². The Morgan fingerprint density at radius 3 is 2.50 bits per heavy atom. The second kappa shape index (κ2) is 3.31. The van der Waals surface area contributed by atoms with Crippen molar-refractivity contribution in [2.75, 3.05) is 0 Å². The number of halogens is 1. The lowest BCUT2D eigenvalue weighted by molar-refractivity contribution is -0.144. The highest BCUT2D eigenvalue weighted by Gasteiger charge is 2.45. The van der Waals surface area contributed by atoms with E-state index >= 15 is 0 Å². The van der Waals surface area contributed by atoms with Gasteiger partial charge >= 0.3 is 5.97 Å². The van der Waals surface area contributed by atoms with Crippen LogP contribution in [0.5, 0.6) is 0 Å². The average molecular weight is 215 g/mol. The molecule has 0 bridgehead atoms. The third-order valence-corrected chi connectivity index (χ3v) is 3.11. The molecule has 0 saturated heterocycles. The lowest BCUT2D eigenvalue weighted by atomic mass is 9.84. The Morgan fingerprint density at radius 1 is 1.43 bits per heavy atom. The average Bonchev–Trinajstić information content (AvgIpc) is 2.71. The molecular formula is C10H11ClO3. The van der Waals surface area contributed by atoms with Crippen LogP contribution in [-0.4, -0.2) is 11.1 Å². The Morgan fingerprint density at radius 2 is 2.07 bits per heavy atom. The van der Waals surface area contributed by atoms with Gasteiger partial charge in [-0.3, -0.25) is 4.79 Å². The first kappa shape index (κ1) is 9.59. The predicted octanol–water partition coefficient (Wildman–Crippen LogP) is 2.83. The minimum absolute atomic E-state index is 0.257. The molecule has 2 rings (SSSR count). The lowest BCUT2D eigenvalue weighted by Gasteiger charge is -2.20. The summed E-state index contributed by atoms with van der Waals surface area (Å²) >= 11 is 5.65. The quantitative estimate of drug-likeness (QED) is 0.824. The van der Waals surface area contributed by atoms with Gasteiger partial charge in [0.15, 0.2) is 5.22 Å². The lowest BCUT2D eigenvalue weighted by Crippen LogP contribution is -2.31. The first-order chi connectivity index (χ1) is 6.65. The zero-order valence-electron chi connectivity index (χ0n) is 7.62. The molecule has 1 fully saturated rings. The van der Waals surface area contributed by atoms with E-state index in [-0.39, 0.29) is 5.22 Å². The first-order valence-electron chi connectivity index (χ1n) is 4.64. The molecule has 0 aromatic carbocycles. The summed E-state index contributed by atoms with van der Waals surface area (Å²) in [6.45, 7) is 0. The summed E-state index contributed by atoms with van der Waals surface area (Å²) in [5.74, 6) is -0.312. The molecule has 0 unspecified atom stereocenters. The third kappa shape index (κ3) is 1.32. The fourth-order valence-corrected chi connectivity index (χ4v) is 2.26. The zero-order valence-corrected chi connectivity index (χ0v) is 8.38. The Balaban J connectivity index is 2.41. The van der Waals surface area contributed by atoms with Crippen LogP contribution < -0.4 is 0 Å². The highest BCUT2D eigenvalue weighted by molar-refractivity contribution is 6.28. The normalized spacial score (nSPS) is 19.8. The number of carboxylic acid groups (broad SMARTS) is 1. The van der Waals surface area contributed by atoms with Gasteiger partial charge in [-0.15, -0.1) is 0 Å². The van der Waals surface area contributed by atoms with Crippen molar-refractivity contribution in [3.8, 4) is 0 Å². The van der Waals surface area contributed by atoms with Crippen LogP contribution >= 0.6 is 11.6 Å². The Bertz CT molecular complexity index is 350. The van der Waals surface area contributed by atoms with E-state index in [1.807, 2.05) is 0 Å². The molecule has 0 spiro atoms. The minimum Gasteiger partial charge on any atom is -0.480 e. The summed E-state index contributed by atoms with van der Waals surface area (Å²) in [5.41, 5.74) is -0.826. The molecule has 1 saturated carbocycles. The van der Waals surface area contributed by atoms with Gasteiger partial charge in [0, 0.05) is 0 Å². The maximum absolute atomic E-state index is 11.2. The summed E-state index contributed by atoms with van der Waals surface area (Å²) < 4.78 is 5.22. The SMILES string of the molecule is O=C(O)C1(c2ccc(Cl)o2)CCCC1. The highest BCUT2D eigenvalue weighted by atomic mass is 35.5. The maximum atomic E-state index is 11.2. The van der Waals surface area contributed by atoms with Crippen LogP contribution in [0.4, 0.5) is 0 Å². The van der Waals surface area contributed by atoms with Crippen molar-refractivity contribution in [2.24, 2.45) is 0 Å². The van der Waals surface area contributed by atoms with Gasteiger partial charge in [-0.1, -0.05) is 12.8 Å². The number of carbonyl (C=O) groups is 1. The molecular weight excluding hydrogens is 204 g/mol. The fourth-order valence-electron chi connectivity index (χ4n) is 2.12. The van der Waals surface area contributed by atoms with E-state index in [4.69, 9.17) is 16.0 Å². The van der Waals surface area contributed by atoms with Crippen molar-refractivity contribution in [2.45, 2.75) is 31.1 Å². The molecule has 3 nitrogen and oxygen atoms in total. The summed E-state index contributed by atoms with van der Waals surface area (Å²) in [6, 6.07) is 3.27. The second-order valence-electron chi connectivity index (χ2n) is 3.70. The molecule has 14 heavy (non-hydrogen) atoms. The summed E-state index contributed by atoms with van der Waals surface area (Å²) in [7, 11) is 0. The van der Waals surface area contributed by atoms with E-state index in [9.17, 15) is 9.90 Å². The number of aliphatic carboxylic acids is 1. The molecule has 76 valence electrons. The topological polar surface area (TPSA) is 50.4 Å². The Labute approximate surface area is 86.7 Å². The van der Waals surface area contributed by atoms with Gasteiger partial charge in [0.2, 0.25) is 0 Å². The summed E-state index contributed by atoms with van der Waals surface area (Å²) in [4.78, 5) is 11.2. The summed E-state index contributed by atoms with van der Waals surface area (Å²) in [5, 5.41) is 9.48. The van der Waals surface area contributed by atoms with Gasteiger partial charge in [0.1, 0.15) is 11.2 Å². The highest BCUT2D eigenvalue weighted by Crippen LogP contribution is 2.42. The van der Waals surface area contributed by atoms with E-state index in [1.54, 1.807) is 12.1 Å². The second-order valence-corrected chi connectivity index (χ2v) is 4.07. The van der Waals surface area contributed by atoms with Crippen molar-refractivity contribution in [3.63, 3.8) is 0 Å². The molecule has 1 aliphatic carbocycles. The van der Waals surface area contributed by atoms with Crippen molar-refractivity contribution < 1.29 is 14.3 Å². The number of hydrogen-bond donors (Lipinski definition) is 1. The van der Waals surface area contributed by atoms with Gasteiger partial charge in [0.05, 0.1) is 0 Å². The molecule has 1 aliphatic rings. The van der Waals surface area contributed by atoms with E-state index in [2.05, 4.69) is 0 Å². The molecule has 0 aliphatic heterocycles. The Hall–Kier alpha value is -0.960. The first-order valence-corrected chi connectivity index (χ1v) is 5.02. The van der Waals surface area contributed by atoms with Gasteiger partial charge in [-0.05, 0) is 36.6 Å². The van der Waals surface area contributed by atoms with E-state index in [0.29, 0.717) is 18.6 Å².